The normalized spacial score (nSPS) is 12.1. The molecule has 4 heteroatoms. The van der Waals surface area contributed by atoms with Crippen molar-refractivity contribution in [2.75, 3.05) is 7.11 Å². The quantitative estimate of drug-likeness (QED) is 0.615. The molecule has 0 radical (unpaired) electrons. The van der Waals surface area contributed by atoms with Crippen LogP contribution in [0.25, 0.3) is 0 Å². The standard InChI is InChI=1S/C14H22O3Si/c1-14(2,3)18(5,6)17-12-9-7-11(8-10-12)13(15)16-4/h7-10H,1-6H3. The first-order chi connectivity index (χ1) is 8.17. The Morgan fingerprint density at radius 2 is 1.61 bits per heavy atom. The molecule has 0 unspecified atom stereocenters. The number of esters is 1. The van der Waals surface area contributed by atoms with E-state index in [2.05, 4.69) is 38.6 Å². The third-order valence-electron chi connectivity index (χ3n) is 3.45. The molecule has 18 heavy (non-hydrogen) atoms. The molecule has 0 fully saturated rings. The van der Waals surface area contributed by atoms with Crippen LogP contribution in [0.2, 0.25) is 18.1 Å². The van der Waals surface area contributed by atoms with Gasteiger partial charge in [0.05, 0.1) is 12.7 Å². The molecule has 0 aliphatic rings. The zero-order chi connectivity index (χ0) is 14.0. The molecule has 0 aromatic heterocycles. The SMILES string of the molecule is COC(=O)c1ccc(O[Si](C)(C)C(C)(C)C)cc1. The molecular weight excluding hydrogens is 244 g/mol. The van der Waals surface area contributed by atoms with E-state index in [9.17, 15) is 4.79 Å². The highest BCUT2D eigenvalue weighted by Crippen LogP contribution is 2.37. The smallest absolute Gasteiger partial charge is 0.337 e. The Labute approximate surface area is 110 Å². The molecule has 100 valence electrons. The number of rotatable bonds is 3. The fraction of sp³-hybridized carbons (Fsp3) is 0.500. The Balaban J connectivity index is 2.85. The van der Waals surface area contributed by atoms with Gasteiger partial charge in [0.1, 0.15) is 5.75 Å². The molecule has 0 N–H and O–H groups in total. The van der Waals surface area contributed by atoms with Crippen molar-refractivity contribution in [3.05, 3.63) is 29.8 Å². The summed E-state index contributed by atoms with van der Waals surface area (Å²) in [7, 11) is -0.437. The molecule has 0 bridgehead atoms. The summed E-state index contributed by atoms with van der Waals surface area (Å²) in [5, 5.41) is 0.161. The molecule has 0 amide bonds. The van der Waals surface area contributed by atoms with Gasteiger partial charge in [-0.05, 0) is 42.4 Å². The minimum Gasteiger partial charge on any atom is -0.544 e. The molecule has 1 rings (SSSR count). The average molecular weight is 266 g/mol. The molecule has 0 aliphatic heterocycles. The van der Waals surface area contributed by atoms with Crippen LogP contribution in [0.15, 0.2) is 24.3 Å². The Kier molecular flexibility index (Phi) is 4.22. The number of carbonyl (C=O) groups excluding carboxylic acids is 1. The average Bonchev–Trinajstić information content (AvgIpc) is 2.27. The predicted molar refractivity (Wildman–Crippen MR) is 75.6 cm³/mol. The maximum atomic E-state index is 11.3. The van der Waals surface area contributed by atoms with Crippen LogP contribution < -0.4 is 4.43 Å². The van der Waals surface area contributed by atoms with Crippen molar-refractivity contribution < 1.29 is 14.0 Å². The van der Waals surface area contributed by atoms with Crippen LogP contribution in [-0.4, -0.2) is 21.4 Å². The number of benzene rings is 1. The summed E-state index contributed by atoms with van der Waals surface area (Å²) in [6.45, 7) is 11.0. The van der Waals surface area contributed by atoms with Crippen molar-refractivity contribution in [2.24, 2.45) is 0 Å². The lowest BCUT2D eigenvalue weighted by Gasteiger charge is -2.36. The summed E-state index contributed by atoms with van der Waals surface area (Å²) in [5.41, 5.74) is 0.542. The number of hydrogen-bond acceptors (Lipinski definition) is 3. The van der Waals surface area contributed by atoms with Crippen LogP contribution in [0.4, 0.5) is 0 Å². The van der Waals surface area contributed by atoms with Gasteiger partial charge in [-0.1, -0.05) is 20.8 Å². The molecule has 1 aromatic rings. The first-order valence-electron chi connectivity index (χ1n) is 6.05. The van der Waals surface area contributed by atoms with Crippen LogP contribution in [0.5, 0.6) is 5.75 Å². The van der Waals surface area contributed by atoms with Crippen molar-refractivity contribution in [3.8, 4) is 5.75 Å². The second kappa shape index (κ2) is 5.14. The Morgan fingerprint density at radius 3 is 2.00 bits per heavy atom. The van der Waals surface area contributed by atoms with E-state index in [1.807, 2.05) is 12.1 Å². The summed E-state index contributed by atoms with van der Waals surface area (Å²) in [6.07, 6.45) is 0. The predicted octanol–water partition coefficient (Wildman–Crippen LogP) is 3.86. The van der Waals surface area contributed by atoms with Gasteiger partial charge in [-0.15, -0.1) is 0 Å². The van der Waals surface area contributed by atoms with E-state index < -0.39 is 8.32 Å². The van der Waals surface area contributed by atoms with Gasteiger partial charge < -0.3 is 9.16 Å². The summed E-state index contributed by atoms with van der Waals surface area (Å²) < 4.78 is 10.8. The van der Waals surface area contributed by atoms with E-state index in [-0.39, 0.29) is 11.0 Å². The summed E-state index contributed by atoms with van der Waals surface area (Å²) in [6, 6.07) is 7.11. The zero-order valence-electron chi connectivity index (χ0n) is 12.0. The first-order valence-corrected chi connectivity index (χ1v) is 8.95. The van der Waals surface area contributed by atoms with Crippen molar-refractivity contribution in [3.63, 3.8) is 0 Å². The van der Waals surface area contributed by atoms with Crippen molar-refractivity contribution >= 4 is 14.3 Å². The van der Waals surface area contributed by atoms with E-state index >= 15 is 0 Å². The Morgan fingerprint density at radius 1 is 1.11 bits per heavy atom. The highest BCUT2D eigenvalue weighted by Gasteiger charge is 2.38. The monoisotopic (exact) mass is 266 g/mol. The van der Waals surface area contributed by atoms with Crippen molar-refractivity contribution in [2.45, 2.75) is 38.9 Å². The molecule has 0 saturated carbocycles. The second-order valence-electron chi connectivity index (χ2n) is 5.88. The van der Waals surface area contributed by atoms with Crippen LogP contribution in [0, 0.1) is 0 Å². The summed E-state index contributed by atoms with van der Waals surface area (Å²) >= 11 is 0. The Bertz CT molecular complexity index is 416. The third-order valence-corrected chi connectivity index (χ3v) is 7.81. The van der Waals surface area contributed by atoms with Crippen molar-refractivity contribution in [1.29, 1.82) is 0 Å². The zero-order valence-corrected chi connectivity index (χ0v) is 13.0. The Hall–Kier alpha value is -1.29. The largest absolute Gasteiger partial charge is 0.544 e. The van der Waals surface area contributed by atoms with Crippen LogP contribution in [0.3, 0.4) is 0 Å². The molecule has 0 aliphatic carbocycles. The van der Waals surface area contributed by atoms with Gasteiger partial charge in [0.25, 0.3) is 0 Å². The number of ether oxygens (including phenoxy) is 1. The fourth-order valence-corrected chi connectivity index (χ4v) is 2.26. The fourth-order valence-electron chi connectivity index (χ4n) is 1.22. The van der Waals surface area contributed by atoms with E-state index in [0.29, 0.717) is 5.56 Å². The minimum absolute atomic E-state index is 0.161. The maximum Gasteiger partial charge on any atom is 0.337 e. The highest BCUT2D eigenvalue weighted by atomic mass is 28.4. The maximum absolute atomic E-state index is 11.3. The van der Waals surface area contributed by atoms with Crippen LogP contribution in [-0.2, 0) is 4.74 Å². The highest BCUT2D eigenvalue weighted by molar-refractivity contribution is 6.74. The van der Waals surface area contributed by atoms with Gasteiger partial charge in [0.15, 0.2) is 0 Å². The summed E-state index contributed by atoms with van der Waals surface area (Å²) in [5.74, 6) is 0.489. The molecular formula is C14H22O3Si. The van der Waals surface area contributed by atoms with Gasteiger partial charge in [0, 0.05) is 0 Å². The van der Waals surface area contributed by atoms with Gasteiger partial charge in [-0.3, -0.25) is 0 Å². The summed E-state index contributed by atoms with van der Waals surface area (Å²) in [4.78, 5) is 11.3. The lowest BCUT2D eigenvalue weighted by atomic mass is 10.2. The lowest BCUT2D eigenvalue weighted by molar-refractivity contribution is 0.0600. The minimum atomic E-state index is -1.81. The van der Waals surface area contributed by atoms with E-state index in [0.717, 1.165) is 5.75 Å². The van der Waals surface area contributed by atoms with E-state index in [4.69, 9.17) is 4.43 Å². The molecule has 0 saturated heterocycles. The van der Waals surface area contributed by atoms with Gasteiger partial charge in [0.2, 0.25) is 8.32 Å². The van der Waals surface area contributed by atoms with Crippen LogP contribution >= 0.6 is 0 Å². The van der Waals surface area contributed by atoms with Crippen LogP contribution in [0.1, 0.15) is 31.1 Å². The lowest BCUT2D eigenvalue weighted by Crippen LogP contribution is -2.43. The topological polar surface area (TPSA) is 35.5 Å². The second-order valence-corrected chi connectivity index (χ2v) is 10.6. The van der Waals surface area contributed by atoms with Gasteiger partial charge >= 0.3 is 5.97 Å². The third kappa shape index (κ3) is 3.35. The number of carbonyl (C=O) groups is 1. The number of hydrogen-bond donors (Lipinski definition) is 0. The molecule has 3 nitrogen and oxygen atoms in total. The molecule has 0 heterocycles. The van der Waals surface area contributed by atoms with Crippen molar-refractivity contribution in [1.82, 2.24) is 0 Å². The number of methoxy groups -OCH3 is 1. The molecule has 0 spiro atoms. The van der Waals surface area contributed by atoms with Gasteiger partial charge in [-0.25, -0.2) is 4.79 Å². The van der Waals surface area contributed by atoms with E-state index in [1.54, 1.807) is 12.1 Å². The molecule has 0 atom stereocenters. The van der Waals surface area contributed by atoms with Gasteiger partial charge in [-0.2, -0.15) is 0 Å². The van der Waals surface area contributed by atoms with E-state index in [1.165, 1.54) is 7.11 Å². The first kappa shape index (κ1) is 14.8. The molecule has 1 aromatic carbocycles.